The van der Waals surface area contributed by atoms with Crippen LogP contribution in [0.5, 0.6) is 17.2 Å². The summed E-state index contributed by atoms with van der Waals surface area (Å²) in [6, 6.07) is 48.3. The van der Waals surface area contributed by atoms with Crippen LogP contribution in [0.25, 0.3) is 66.5 Å². The fourth-order valence-corrected chi connectivity index (χ4v) is 16.0. The number of halogens is 1. The van der Waals surface area contributed by atoms with Crippen molar-refractivity contribution >= 4 is 86.9 Å². The first kappa shape index (κ1) is 70.5. The minimum atomic E-state index is -3.44. The minimum Gasteiger partial charge on any atom is -0.494 e. The number of nitrogens with one attached hydrogen (secondary N) is 3. The van der Waals surface area contributed by atoms with E-state index in [1.54, 1.807) is 26.0 Å². The first-order valence-corrected chi connectivity index (χ1v) is 38.0. The maximum atomic E-state index is 12.8. The second kappa shape index (κ2) is 31.7. The van der Waals surface area contributed by atoms with Gasteiger partial charge < -0.3 is 27.9 Å². The lowest BCUT2D eigenvalue weighted by atomic mass is 9.92. The van der Waals surface area contributed by atoms with Crippen LogP contribution in [-0.2, 0) is 37.2 Å². The molecule has 504 valence electrons. The average Bonchev–Trinajstić information content (AvgIpc) is 1.60. The van der Waals surface area contributed by atoms with E-state index in [4.69, 9.17) is 43.9 Å². The van der Waals surface area contributed by atoms with Crippen molar-refractivity contribution in [1.82, 2.24) is 13.7 Å². The van der Waals surface area contributed by atoms with Crippen molar-refractivity contribution in [3.63, 3.8) is 0 Å². The number of alkyl halides is 1. The number of rotatable bonds is 27. The molecular formula is C72H82ClN9O11P2S. The van der Waals surface area contributed by atoms with Crippen molar-refractivity contribution in [2.75, 3.05) is 73.8 Å². The predicted molar refractivity (Wildman–Crippen MR) is 381 cm³/mol. The van der Waals surface area contributed by atoms with Gasteiger partial charge in [0.05, 0.1) is 89.1 Å². The van der Waals surface area contributed by atoms with Gasteiger partial charge in [0, 0.05) is 89.6 Å². The Morgan fingerprint density at radius 3 is 1.07 bits per heavy atom. The van der Waals surface area contributed by atoms with Crippen molar-refractivity contribution in [3.05, 3.63) is 144 Å². The maximum absolute atomic E-state index is 12.8. The van der Waals surface area contributed by atoms with Gasteiger partial charge in [-0.15, -0.1) is 11.6 Å². The Kier molecular flexibility index (Phi) is 23.3. The van der Waals surface area contributed by atoms with Crippen LogP contribution in [0.15, 0.2) is 127 Å². The molecule has 3 fully saturated rings. The van der Waals surface area contributed by atoms with Gasteiger partial charge in [0.1, 0.15) is 35.5 Å². The van der Waals surface area contributed by atoms with E-state index in [0.29, 0.717) is 84.0 Å². The van der Waals surface area contributed by atoms with Gasteiger partial charge in [-0.2, -0.15) is 15.8 Å². The average molecular weight is 1380 g/mol. The monoisotopic (exact) mass is 1380 g/mol. The summed E-state index contributed by atoms with van der Waals surface area (Å²) in [4.78, 5) is 0. The number of nitrogens with zero attached hydrogens (tertiary/aromatic N) is 6. The van der Waals surface area contributed by atoms with Crippen LogP contribution < -0.4 is 29.1 Å². The second-order valence-corrected chi connectivity index (χ2v) is 29.2. The summed E-state index contributed by atoms with van der Waals surface area (Å²) >= 11 is 5.62. The number of sulfonamides is 1. The fourth-order valence-electron chi connectivity index (χ4n) is 12.4. The van der Waals surface area contributed by atoms with E-state index in [0.717, 1.165) is 122 Å². The van der Waals surface area contributed by atoms with E-state index in [2.05, 4.69) is 46.8 Å². The Morgan fingerprint density at radius 2 is 0.802 bits per heavy atom. The smallest absolute Gasteiger partial charge is 0.432 e. The molecule has 12 rings (SSSR count). The first-order valence-electron chi connectivity index (χ1n) is 32.7. The fraction of sp³-hybridized carbons (Fsp3) is 0.375. The molecule has 3 heterocycles. The van der Waals surface area contributed by atoms with E-state index in [1.165, 1.54) is 33.5 Å². The molecule has 3 aliphatic rings. The number of fused-ring (bicyclic) bond motifs is 3. The van der Waals surface area contributed by atoms with Crippen molar-refractivity contribution < 1.29 is 49.9 Å². The number of ether oxygens (including phenoxy) is 3. The van der Waals surface area contributed by atoms with E-state index in [-0.39, 0.29) is 19.0 Å². The quantitative estimate of drug-likeness (QED) is 0.0319. The highest BCUT2D eigenvalue weighted by molar-refractivity contribution is 7.92. The zero-order chi connectivity index (χ0) is 68.2. The molecule has 0 bridgehead atoms. The molecule has 0 saturated heterocycles. The first-order chi connectivity index (χ1) is 46.5. The summed E-state index contributed by atoms with van der Waals surface area (Å²) in [6.45, 7) is 11.7. The zero-order valence-corrected chi connectivity index (χ0v) is 58.6. The van der Waals surface area contributed by atoms with Crippen LogP contribution in [0.3, 0.4) is 0 Å². The minimum absolute atomic E-state index is 0.0189. The molecule has 20 nitrogen and oxygen atoms in total. The van der Waals surface area contributed by atoms with Crippen LogP contribution in [0.4, 0.5) is 17.1 Å². The molecule has 0 aliphatic heterocycles. The Bertz CT molecular complexity index is 4540. The number of hydrogen-bond donors (Lipinski definition) is 3. The number of hydrogen-bond acceptors (Lipinski definition) is 14. The Balaban J connectivity index is 0.000000157. The third-order valence-electron chi connectivity index (χ3n) is 17.4. The summed E-state index contributed by atoms with van der Waals surface area (Å²) in [5, 5.41) is 38.6. The molecule has 96 heavy (non-hydrogen) atoms. The van der Waals surface area contributed by atoms with Gasteiger partial charge in [-0.25, -0.2) is 17.5 Å². The molecule has 0 spiro atoms. The third-order valence-corrected chi connectivity index (χ3v) is 22.3. The molecule has 0 unspecified atom stereocenters. The largest absolute Gasteiger partial charge is 0.494 e. The van der Waals surface area contributed by atoms with Crippen molar-refractivity contribution in [3.8, 4) is 69.2 Å². The van der Waals surface area contributed by atoms with Crippen molar-refractivity contribution in [2.24, 2.45) is 0 Å². The summed E-state index contributed by atoms with van der Waals surface area (Å²) in [7, 11) is -7.58. The molecule has 0 atom stereocenters. The zero-order valence-electron chi connectivity index (χ0n) is 55.2. The predicted octanol–water partition coefficient (Wildman–Crippen LogP) is 18.7. The standard InChI is InChI=1S/C25H30N3O4P.C24H26ClN3O3S.C23H26N3O4P/c1-4-30-21-14-15-22-23(17-26)25(28(24(22)16-21)20-8-7-9-20)18-10-12-19(13-11-18)27-33(29,31-5-2)32-6-3;1-2-31-20-11-12-21-22(16-26)24(28(23(21)15-20)19-5-3-6-19)17-7-9-18(10-8-17)27-32(29,30)14-4-13-25;1-4-30-19-12-13-20-21(15-24)23(26(22(20)14-19)18-6-5-7-18)16-8-10-17(11-9-16)25-31(27,28-2)29-3/h10-16,20H,4-9H2,1-3H3,(H,27,29);7-12,15,19,27H,2-6,13-14H2,1H3;8-14,18H,4-7H2,1-3H3,(H,25,27). The summed E-state index contributed by atoms with van der Waals surface area (Å²) < 4.78 is 96.7. The number of anilines is 3. The van der Waals surface area contributed by atoms with Gasteiger partial charge in [-0.3, -0.25) is 33.0 Å². The van der Waals surface area contributed by atoms with Gasteiger partial charge in [-0.05, 0) is 188 Å². The lowest BCUT2D eigenvalue weighted by molar-refractivity contribution is 0.225. The Labute approximate surface area is 567 Å². The molecular weight excluding hydrogens is 1300 g/mol. The van der Waals surface area contributed by atoms with E-state index < -0.39 is 25.5 Å². The van der Waals surface area contributed by atoms with E-state index >= 15 is 0 Å². The van der Waals surface area contributed by atoms with Crippen LogP contribution in [0.2, 0.25) is 0 Å². The summed E-state index contributed by atoms with van der Waals surface area (Å²) in [5.74, 6) is 2.68. The highest BCUT2D eigenvalue weighted by Gasteiger charge is 2.32. The second-order valence-electron chi connectivity index (χ2n) is 23.3. The Morgan fingerprint density at radius 1 is 0.479 bits per heavy atom. The lowest BCUT2D eigenvalue weighted by Gasteiger charge is -2.30. The topological polar surface area (TPSA) is 255 Å². The molecule has 3 saturated carbocycles. The van der Waals surface area contributed by atoms with Gasteiger partial charge in [-0.1, -0.05) is 36.4 Å². The summed E-state index contributed by atoms with van der Waals surface area (Å²) in [6.07, 6.45) is 10.4. The maximum Gasteiger partial charge on any atom is 0.432 e. The van der Waals surface area contributed by atoms with Crippen molar-refractivity contribution in [2.45, 2.75) is 117 Å². The highest BCUT2D eigenvalue weighted by Crippen LogP contribution is 2.51. The molecule has 24 heteroatoms. The van der Waals surface area contributed by atoms with Gasteiger partial charge in [0.2, 0.25) is 10.0 Å². The molecule has 6 aromatic carbocycles. The molecule has 3 aromatic heterocycles. The lowest BCUT2D eigenvalue weighted by Crippen LogP contribution is -2.18. The summed E-state index contributed by atoms with van der Waals surface area (Å²) in [5.41, 5.74) is 12.2. The van der Waals surface area contributed by atoms with Gasteiger partial charge >= 0.3 is 15.5 Å². The molecule has 0 radical (unpaired) electrons. The van der Waals surface area contributed by atoms with E-state index in [1.807, 2.05) is 136 Å². The van der Waals surface area contributed by atoms with Crippen LogP contribution in [-0.4, -0.2) is 81.0 Å². The number of benzene rings is 6. The SMILES string of the molecule is CCOc1ccc2c(C#N)c(-c3ccc(NP(=O)(OC)OC)cc3)n(C3CCC3)c2c1.CCOc1ccc2c(C#N)c(-c3ccc(NP(=O)(OCC)OCC)cc3)n(C3CCC3)c2c1.CCOc1ccc2c(C#N)c(-c3ccc(NS(=O)(=O)CCCCl)cc3)n(C3CCC3)c2c1. The van der Waals surface area contributed by atoms with Crippen LogP contribution in [0, 0.1) is 34.0 Å². The van der Waals surface area contributed by atoms with Crippen LogP contribution >= 0.6 is 27.1 Å². The molecule has 3 aliphatic carbocycles. The third kappa shape index (κ3) is 15.4. The number of nitriles is 3. The molecule has 0 amide bonds. The van der Waals surface area contributed by atoms with Crippen LogP contribution in [0.1, 0.15) is 134 Å². The highest BCUT2D eigenvalue weighted by atomic mass is 35.5. The molecule has 9 aromatic rings. The van der Waals surface area contributed by atoms with E-state index in [9.17, 15) is 33.3 Å². The van der Waals surface area contributed by atoms with Crippen molar-refractivity contribution in [1.29, 1.82) is 15.8 Å². The van der Waals surface area contributed by atoms with Gasteiger partial charge in [0.25, 0.3) is 0 Å². The van der Waals surface area contributed by atoms with Gasteiger partial charge in [0.15, 0.2) is 0 Å². The molecule has 3 N–H and O–H groups in total. The number of aromatic nitrogens is 3. The Hall–Kier alpha value is -8.25. The normalized spacial score (nSPS) is 14.2.